The lowest BCUT2D eigenvalue weighted by Gasteiger charge is -2.00. The minimum absolute atomic E-state index is 0.610. The summed E-state index contributed by atoms with van der Waals surface area (Å²) < 4.78 is 1.76. The van der Waals surface area contributed by atoms with Crippen LogP contribution >= 0.6 is 0 Å². The quantitative estimate of drug-likeness (QED) is 0.769. The van der Waals surface area contributed by atoms with Crippen LogP contribution in [0.3, 0.4) is 0 Å². The van der Waals surface area contributed by atoms with E-state index in [0.717, 1.165) is 37.8 Å². The molecular formula is C11H18N2O2. The fourth-order valence-electron chi connectivity index (χ4n) is 1.36. The first-order chi connectivity index (χ1) is 7.24. The van der Waals surface area contributed by atoms with Crippen LogP contribution in [0.5, 0.6) is 0 Å². The van der Waals surface area contributed by atoms with Gasteiger partial charge in [-0.15, -0.1) is 0 Å². The summed E-state index contributed by atoms with van der Waals surface area (Å²) >= 11 is 0. The third-order valence-corrected chi connectivity index (χ3v) is 1.97. The van der Waals surface area contributed by atoms with E-state index in [9.17, 15) is 4.79 Å². The molecule has 84 valence electrons. The highest BCUT2D eigenvalue weighted by Crippen LogP contribution is 2.11. The van der Waals surface area contributed by atoms with Gasteiger partial charge < -0.3 is 9.67 Å². The van der Waals surface area contributed by atoms with E-state index in [1.165, 1.54) is 0 Å². The molecule has 1 heterocycles. The maximum atomic E-state index is 10.7. The number of aldehydes is 1. The molecular weight excluding hydrogens is 192 g/mol. The molecule has 0 atom stereocenters. The summed E-state index contributed by atoms with van der Waals surface area (Å²) in [5.74, 6) is 0.914. The number of hydrogen-bond acceptors (Lipinski definition) is 3. The summed E-state index contributed by atoms with van der Waals surface area (Å²) in [7, 11) is 1.00. The zero-order valence-corrected chi connectivity index (χ0v) is 9.53. The van der Waals surface area contributed by atoms with Gasteiger partial charge in [0.15, 0.2) is 6.29 Å². The number of aromatic nitrogens is 2. The average Bonchev–Trinajstić information content (AvgIpc) is 2.57. The number of carbonyl (C=O) groups is 1. The number of hydrogen-bond donors (Lipinski definition) is 1. The van der Waals surface area contributed by atoms with Gasteiger partial charge in [-0.25, -0.2) is 4.98 Å². The second-order valence-electron chi connectivity index (χ2n) is 2.92. The lowest BCUT2D eigenvalue weighted by Crippen LogP contribution is -1.99. The Kier molecular flexibility index (Phi) is 6.29. The van der Waals surface area contributed by atoms with Gasteiger partial charge in [0.2, 0.25) is 0 Å². The summed E-state index contributed by atoms with van der Waals surface area (Å²) in [6, 6.07) is 0. The molecule has 0 saturated heterocycles. The number of rotatable bonds is 4. The van der Waals surface area contributed by atoms with Crippen LogP contribution in [-0.4, -0.2) is 28.1 Å². The van der Waals surface area contributed by atoms with Crippen molar-refractivity contribution in [2.75, 3.05) is 7.11 Å². The van der Waals surface area contributed by atoms with Crippen molar-refractivity contribution in [1.82, 2.24) is 9.55 Å². The highest BCUT2D eigenvalue weighted by Gasteiger charge is 2.10. The Hall–Kier alpha value is -1.42. The highest BCUT2D eigenvalue weighted by molar-refractivity contribution is 5.75. The van der Waals surface area contributed by atoms with Gasteiger partial charge in [0.25, 0.3) is 0 Å². The van der Waals surface area contributed by atoms with Crippen molar-refractivity contribution in [1.29, 1.82) is 0 Å². The van der Waals surface area contributed by atoms with Gasteiger partial charge in [-0.05, 0) is 13.3 Å². The summed E-state index contributed by atoms with van der Waals surface area (Å²) in [6.07, 6.45) is 4.35. The summed E-state index contributed by atoms with van der Waals surface area (Å²) in [4.78, 5) is 15.0. The van der Waals surface area contributed by atoms with Crippen LogP contribution in [0.2, 0.25) is 0 Å². The van der Waals surface area contributed by atoms with Crippen LogP contribution < -0.4 is 0 Å². The van der Waals surface area contributed by atoms with Gasteiger partial charge in [-0.3, -0.25) is 4.79 Å². The van der Waals surface area contributed by atoms with Crippen molar-refractivity contribution >= 4 is 12.5 Å². The Morgan fingerprint density at radius 2 is 2.13 bits per heavy atom. The maximum Gasteiger partial charge on any atom is 0.168 e. The average molecular weight is 210 g/mol. The third kappa shape index (κ3) is 3.02. The monoisotopic (exact) mass is 210 g/mol. The standard InChI is InChI=1S/C10H14N2O.CH4O/c1-4-6-10-11-8(3)9(7-13)12(10)5-2;1-2/h5,7H,2,4,6H2,1,3H3;2H,1H3. The molecule has 1 aromatic rings. The van der Waals surface area contributed by atoms with Crippen molar-refractivity contribution < 1.29 is 9.90 Å². The Morgan fingerprint density at radius 1 is 1.53 bits per heavy atom. The molecule has 15 heavy (non-hydrogen) atoms. The van der Waals surface area contributed by atoms with Gasteiger partial charge in [-0.2, -0.15) is 0 Å². The van der Waals surface area contributed by atoms with Crippen molar-refractivity contribution in [3.05, 3.63) is 23.8 Å². The minimum atomic E-state index is 0.610. The Balaban J connectivity index is 0.000000921. The summed E-state index contributed by atoms with van der Waals surface area (Å²) in [6.45, 7) is 7.58. The number of nitrogens with zero attached hydrogens (tertiary/aromatic N) is 2. The smallest absolute Gasteiger partial charge is 0.168 e. The molecule has 0 amide bonds. The fourth-order valence-corrected chi connectivity index (χ4v) is 1.36. The van der Waals surface area contributed by atoms with E-state index in [-0.39, 0.29) is 0 Å². The highest BCUT2D eigenvalue weighted by atomic mass is 16.2. The minimum Gasteiger partial charge on any atom is -0.400 e. The first-order valence-corrected chi connectivity index (χ1v) is 4.84. The van der Waals surface area contributed by atoms with Crippen LogP contribution in [-0.2, 0) is 6.42 Å². The first kappa shape index (κ1) is 13.6. The van der Waals surface area contributed by atoms with Gasteiger partial charge in [-0.1, -0.05) is 13.5 Å². The number of imidazole rings is 1. The molecule has 1 aromatic heterocycles. The van der Waals surface area contributed by atoms with E-state index in [1.807, 2.05) is 6.92 Å². The van der Waals surface area contributed by atoms with Gasteiger partial charge in [0, 0.05) is 19.7 Å². The lowest BCUT2D eigenvalue weighted by atomic mass is 10.3. The molecule has 0 saturated carbocycles. The van der Waals surface area contributed by atoms with E-state index in [1.54, 1.807) is 10.8 Å². The lowest BCUT2D eigenvalue weighted by molar-refractivity contribution is 0.111. The molecule has 1 N–H and O–H groups in total. The normalized spacial score (nSPS) is 9.07. The van der Waals surface area contributed by atoms with E-state index < -0.39 is 0 Å². The second kappa shape index (κ2) is 6.95. The number of aliphatic hydroxyl groups is 1. The molecule has 0 bridgehead atoms. The molecule has 1 rings (SSSR count). The molecule has 0 radical (unpaired) electrons. The largest absolute Gasteiger partial charge is 0.400 e. The maximum absolute atomic E-state index is 10.7. The number of aryl methyl sites for hydroxylation is 2. The number of aliphatic hydroxyl groups excluding tert-OH is 1. The molecule has 4 heteroatoms. The van der Waals surface area contributed by atoms with Crippen LogP contribution in [0.4, 0.5) is 0 Å². The van der Waals surface area contributed by atoms with Crippen molar-refractivity contribution in [3.8, 4) is 0 Å². The summed E-state index contributed by atoms with van der Waals surface area (Å²) in [5.41, 5.74) is 1.39. The Bertz CT molecular complexity index is 330. The Labute approximate surface area is 90.3 Å². The van der Waals surface area contributed by atoms with Crippen molar-refractivity contribution in [3.63, 3.8) is 0 Å². The van der Waals surface area contributed by atoms with Crippen LogP contribution in [0, 0.1) is 6.92 Å². The SMILES string of the molecule is C=Cn1c(CCC)nc(C)c1C=O.CO. The predicted octanol–water partition coefficient (Wildman–Crippen LogP) is 1.67. The van der Waals surface area contributed by atoms with Crippen molar-refractivity contribution in [2.24, 2.45) is 0 Å². The summed E-state index contributed by atoms with van der Waals surface area (Å²) in [5, 5.41) is 7.00. The molecule has 0 spiro atoms. The zero-order chi connectivity index (χ0) is 11.8. The number of carbonyl (C=O) groups excluding carboxylic acids is 1. The predicted molar refractivity (Wildman–Crippen MR) is 60.9 cm³/mol. The molecule has 0 aliphatic rings. The molecule has 0 unspecified atom stereocenters. The Morgan fingerprint density at radius 3 is 2.53 bits per heavy atom. The fraction of sp³-hybridized carbons (Fsp3) is 0.455. The van der Waals surface area contributed by atoms with E-state index in [0.29, 0.717) is 5.69 Å². The van der Waals surface area contributed by atoms with Gasteiger partial charge >= 0.3 is 0 Å². The van der Waals surface area contributed by atoms with E-state index >= 15 is 0 Å². The second-order valence-corrected chi connectivity index (χ2v) is 2.92. The van der Waals surface area contributed by atoms with Gasteiger partial charge in [0.05, 0.1) is 5.69 Å². The van der Waals surface area contributed by atoms with Gasteiger partial charge in [0.1, 0.15) is 11.5 Å². The first-order valence-electron chi connectivity index (χ1n) is 4.84. The molecule has 0 aromatic carbocycles. The molecule has 4 nitrogen and oxygen atoms in total. The molecule has 0 aliphatic carbocycles. The topological polar surface area (TPSA) is 55.1 Å². The van der Waals surface area contributed by atoms with Crippen LogP contribution in [0.1, 0.15) is 35.4 Å². The van der Waals surface area contributed by atoms with E-state index in [2.05, 4.69) is 18.5 Å². The van der Waals surface area contributed by atoms with Crippen LogP contribution in [0.15, 0.2) is 6.58 Å². The van der Waals surface area contributed by atoms with Crippen LogP contribution in [0.25, 0.3) is 6.20 Å². The van der Waals surface area contributed by atoms with Crippen molar-refractivity contribution in [2.45, 2.75) is 26.7 Å². The molecule has 0 aliphatic heterocycles. The van der Waals surface area contributed by atoms with E-state index in [4.69, 9.17) is 5.11 Å². The third-order valence-electron chi connectivity index (χ3n) is 1.97. The molecule has 0 fully saturated rings. The zero-order valence-electron chi connectivity index (χ0n) is 9.53.